The normalized spacial score (nSPS) is 12.6. The van der Waals surface area contributed by atoms with Crippen LogP contribution in [0, 0.1) is 11.8 Å². The van der Waals surface area contributed by atoms with E-state index >= 15 is 0 Å². The number of anilines is 2. The van der Waals surface area contributed by atoms with Crippen molar-refractivity contribution in [3.05, 3.63) is 180 Å². The molecule has 7 aromatic rings. The third-order valence-corrected chi connectivity index (χ3v) is 18.4. The van der Waals surface area contributed by atoms with Gasteiger partial charge in [-0.1, -0.05) is 188 Å². The van der Waals surface area contributed by atoms with Crippen molar-refractivity contribution < 1.29 is 41.1 Å². The summed E-state index contributed by atoms with van der Waals surface area (Å²) in [5, 5.41) is 20.6. The van der Waals surface area contributed by atoms with E-state index in [-0.39, 0.29) is 45.7 Å². The number of benzene rings is 7. The van der Waals surface area contributed by atoms with Crippen LogP contribution in [0.1, 0.15) is 122 Å². The van der Waals surface area contributed by atoms with Gasteiger partial charge in [0.15, 0.2) is 0 Å². The lowest BCUT2D eigenvalue weighted by Gasteiger charge is -2.19. The maximum absolute atomic E-state index is 13.3. The van der Waals surface area contributed by atoms with Gasteiger partial charge in [-0.15, -0.1) is 11.6 Å². The smallest absolute Gasteiger partial charge is 0.306 e. The largest absolute Gasteiger partial charge is 0.481 e. The Labute approximate surface area is 557 Å². The van der Waals surface area contributed by atoms with Gasteiger partial charge >= 0.3 is 5.97 Å². The van der Waals surface area contributed by atoms with E-state index < -0.39 is 44.0 Å². The van der Waals surface area contributed by atoms with Crippen molar-refractivity contribution in [1.29, 1.82) is 0 Å². The lowest BCUT2D eigenvalue weighted by atomic mass is 10.0. The van der Waals surface area contributed by atoms with Crippen LogP contribution in [0.25, 0.3) is 21.5 Å². The van der Waals surface area contributed by atoms with Gasteiger partial charge in [0.25, 0.3) is 0 Å². The highest BCUT2D eigenvalue weighted by molar-refractivity contribution is 7.89. The zero-order valence-corrected chi connectivity index (χ0v) is 57.9. The Kier molecular flexibility index (Phi) is 34.2. The minimum absolute atomic E-state index is 0.0952. The molecule has 7 rings (SSSR count). The second kappa shape index (κ2) is 41.0. The first-order chi connectivity index (χ1) is 44.4. The first kappa shape index (κ1) is 77.6. The molecule has 0 spiro atoms. The topological polar surface area (TPSA) is 262 Å². The van der Waals surface area contributed by atoms with Gasteiger partial charge in [0.2, 0.25) is 37.8 Å². The Bertz CT molecular complexity index is 3680. The number of fused-ring (bicyclic) bond motifs is 2. The number of amidine groups is 1. The second-order valence-electron chi connectivity index (χ2n) is 23.3. The van der Waals surface area contributed by atoms with Gasteiger partial charge in [0.05, 0.1) is 21.6 Å². The molecule has 0 aliphatic rings. The van der Waals surface area contributed by atoms with E-state index in [9.17, 15) is 36.0 Å². The number of unbranched alkanes of at least 4 members (excludes halogenated alkanes) is 3. The number of amides is 3. The van der Waals surface area contributed by atoms with Crippen LogP contribution in [-0.4, -0.2) is 104 Å². The maximum Gasteiger partial charge on any atom is 0.306 e. The zero-order chi connectivity index (χ0) is 68.3. The molecular formula is C72H98ClN9O9S2. The molecule has 93 heavy (non-hydrogen) atoms. The summed E-state index contributed by atoms with van der Waals surface area (Å²) in [6.45, 7) is 11.6. The molecule has 7 aromatic carbocycles. The van der Waals surface area contributed by atoms with Gasteiger partial charge in [-0.3, -0.25) is 24.2 Å². The quantitative estimate of drug-likeness (QED) is 0.00899. The number of carbonyl (C=O) groups excluding carboxylic acids is 3. The molecule has 4 atom stereocenters. The number of carboxylic acids is 1. The molecule has 0 aliphatic carbocycles. The van der Waals surface area contributed by atoms with Crippen molar-refractivity contribution in [2.75, 3.05) is 50.4 Å². The van der Waals surface area contributed by atoms with E-state index in [4.69, 9.17) is 22.4 Å². The van der Waals surface area contributed by atoms with Gasteiger partial charge in [-0.05, 0) is 119 Å². The Balaban J connectivity index is 0.000000293. The summed E-state index contributed by atoms with van der Waals surface area (Å²) in [5.74, 6) is -0.855. The van der Waals surface area contributed by atoms with Crippen LogP contribution in [0.3, 0.4) is 0 Å². The molecule has 18 nitrogen and oxygen atoms in total. The summed E-state index contributed by atoms with van der Waals surface area (Å²) in [4.78, 5) is 56.1. The molecule has 0 bridgehead atoms. The predicted molar refractivity (Wildman–Crippen MR) is 381 cm³/mol. The number of nitrogens with two attached hydrogens (primary N) is 1. The minimum atomic E-state index is -3.97. The van der Waals surface area contributed by atoms with Gasteiger partial charge < -0.3 is 36.6 Å². The van der Waals surface area contributed by atoms with E-state index in [0.29, 0.717) is 44.9 Å². The van der Waals surface area contributed by atoms with E-state index in [1.165, 1.54) is 0 Å². The Morgan fingerprint density at radius 3 is 1.19 bits per heavy atom. The molecule has 0 radical (unpaired) electrons. The molecular weight excluding hydrogens is 1230 g/mol. The number of hydrogen-bond acceptors (Lipinski definition) is 11. The number of nitrogens with zero attached hydrogens (tertiary/aromatic N) is 3. The van der Waals surface area contributed by atoms with E-state index in [1.54, 1.807) is 43.3 Å². The third-order valence-electron chi connectivity index (χ3n) is 15.2. The van der Waals surface area contributed by atoms with Gasteiger partial charge in [0, 0.05) is 71.7 Å². The van der Waals surface area contributed by atoms with Crippen LogP contribution in [-0.2, 0) is 58.9 Å². The van der Waals surface area contributed by atoms with Crippen molar-refractivity contribution in [2.45, 2.75) is 147 Å². The summed E-state index contributed by atoms with van der Waals surface area (Å²) < 4.78 is 57.9. The van der Waals surface area contributed by atoms with Gasteiger partial charge in [-0.25, -0.2) is 16.8 Å². The average Bonchev–Trinajstić information content (AvgIpc) is 0.871. The van der Waals surface area contributed by atoms with E-state index in [0.717, 1.165) is 101 Å². The van der Waals surface area contributed by atoms with Crippen molar-refractivity contribution in [2.24, 2.45) is 22.6 Å². The van der Waals surface area contributed by atoms with Crippen LogP contribution in [0.2, 0.25) is 0 Å². The summed E-state index contributed by atoms with van der Waals surface area (Å²) in [7, 11) is -0.00710. The number of alkyl halides is 1. The van der Waals surface area contributed by atoms with Crippen molar-refractivity contribution in [3.63, 3.8) is 0 Å². The lowest BCUT2D eigenvalue weighted by molar-refractivity contribution is -0.141. The number of aliphatic carboxylic acids is 1. The summed E-state index contributed by atoms with van der Waals surface area (Å²) in [6.07, 6.45) is 8.93. The molecule has 3 amide bonds. The first-order valence-electron chi connectivity index (χ1n) is 31.9. The molecule has 0 fully saturated rings. The maximum atomic E-state index is 13.3. The molecule has 0 heterocycles. The molecule has 21 heteroatoms. The first-order valence-corrected chi connectivity index (χ1v) is 35.4. The summed E-state index contributed by atoms with van der Waals surface area (Å²) in [5.41, 5.74) is 10.7. The van der Waals surface area contributed by atoms with Crippen LogP contribution in [0.4, 0.5) is 11.4 Å². The molecule has 0 saturated carbocycles. The van der Waals surface area contributed by atoms with Crippen LogP contribution < -0.4 is 40.9 Å². The standard InChI is InChI=1S/C26H32ClN5O3S.C25H31N3O3S.C14H21NO.C7H14O2/c1-32(2)22-12-10-21-16-23(13-11-20(21)15-22)36(34,35)31-24(9-6-14-29-25(28)17-27)26(33)30-18-19-7-4-3-5-8-19;1-4-5-11-24(25(29)26-18-19-9-7-6-8-10-19)27-32(30,31)23-15-13-20-16-22(28(2)3)14-12-21(20)17-23;1-3-4-8-12(2)14(16)15-11-13-9-6-5-7-10-13;1-3-4-5-6(2)7(8)9/h3-5,7-8,10-13,15-16,24,31H,6,9,14,17-18H2,1-2H3,(H2,28,29)(H,30,33);6-10,12-17,24,27H,4-5,11,18H2,1-3H3,(H,26,29);5-7,9-10,12H,3-4,8,11H2,1-2H3,(H,15,16);6H,3-5H2,1-2H3,(H,8,9)/t2*24-;12-;6-/m0000/s1. The fraction of sp³-hybridized carbons (Fsp3) is 0.403. The number of carbonyl (C=O) groups is 4. The molecule has 504 valence electrons. The SMILES string of the molecule is CCCC[C@H](C)C(=O)NCc1ccccc1.CCCC[C@H](C)C(=O)O.CCCC[C@H](NS(=O)(=O)c1ccc2cc(N(C)C)ccc2c1)C(=O)NCc1ccccc1.CN(C)c1ccc2cc(S(=O)(=O)N[C@@H](CCCN=C(N)CCl)C(=O)NCc3ccccc3)ccc2c1. The fourth-order valence-corrected chi connectivity index (χ4v) is 11.9. The number of hydrogen-bond donors (Lipinski definition) is 7. The summed E-state index contributed by atoms with van der Waals surface area (Å²) >= 11 is 5.65. The fourth-order valence-electron chi connectivity index (χ4n) is 9.33. The molecule has 0 aliphatic heterocycles. The average molecular weight is 1330 g/mol. The number of sulfonamides is 2. The van der Waals surface area contributed by atoms with Crippen LogP contribution >= 0.6 is 11.6 Å². The van der Waals surface area contributed by atoms with Crippen molar-refractivity contribution in [1.82, 2.24) is 25.4 Å². The van der Waals surface area contributed by atoms with E-state index in [2.05, 4.69) is 44.2 Å². The molecule has 0 unspecified atom stereocenters. The minimum Gasteiger partial charge on any atom is -0.481 e. The molecule has 0 aromatic heterocycles. The number of nitrogens with one attached hydrogen (secondary N) is 5. The second-order valence-corrected chi connectivity index (χ2v) is 27.0. The van der Waals surface area contributed by atoms with E-state index in [1.807, 2.05) is 179 Å². The monoisotopic (exact) mass is 1330 g/mol. The number of aliphatic imine (C=N–C) groups is 1. The number of halogens is 1. The van der Waals surface area contributed by atoms with Gasteiger partial charge in [0.1, 0.15) is 17.9 Å². The highest BCUT2D eigenvalue weighted by atomic mass is 35.5. The lowest BCUT2D eigenvalue weighted by Crippen LogP contribution is -2.46. The third kappa shape index (κ3) is 28.1. The van der Waals surface area contributed by atoms with Crippen molar-refractivity contribution >= 4 is 94.1 Å². The zero-order valence-electron chi connectivity index (χ0n) is 55.5. The van der Waals surface area contributed by atoms with Crippen molar-refractivity contribution in [3.8, 4) is 0 Å². The van der Waals surface area contributed by atoms with Crippen LogP contribution in [0.15, 0.2) is 179 Å². The number of rotatable bonds is 32. The Morgan fingerprint density at radius 1 is 0.484 bits per heavy atom. The Morgan fingerprint density at radius 2 is 0.828 bits per heavy atom. The predicted octanol–water partition coefficient (Wildman–Crippen LogP) is 12.3. The molecule has 0 saturated heterocycles. The highest BCUT2D eigenvalue weighted by Gasteiger charge is 2.27. The molecule has 8 N–H and O–H groups in total. The summed E-state index contributed by atoms with van der Waals surface area (Å²) in [6, 6.07) is 48.8. The highest BCUT2D eigenvalue weighted by Crippen LogP contribution is 2.26. The van der Waals surface area contributed by atoms with Crippen LogP contribution in [0.5, 0.6) is 0 Å². The Hall–Kier alpha value is -7.88. The number of carboxylic acid groups (broad SMARTS) is 1. The van der Waals surface area contributed by atoms with Gasteiger partial charge in [-0.2, -0.15) is 9.44 Å².